The molecule has 5 heteroatoms. The highest BCUT2D eigenvalue weighted by Gasteiger charge is 1.93. The zero-order valence-electron chi connectivity index (χ0n) is 13.7. The highest BCUT2D eigenvalue weighted by molar-refractivity contribution is 7.96. The maximum Gasteiger partial charge on any atom is 0.275 e. The predicted octanol–water partition coefficient (Wildman–Crippen LogP) is 0.784. The van der Waals surface area contributed by atoms with E-state index in [-0.39, 0.29) is 0 Å². The van der Waals surface area contributed by atoms with Gasteiger partial charge >= 0.3 is 0 Å². The van der Waals surface area contributed by atoms with E-state index in [1.54, 1.807) is 0 Å². The molecule has 0 saturated carbocycles. The Hall–Kier alpha value is -0.0300. The summed E-state index contributed by atoms with van der Waals surface area (Å²) in [5, 5.41) is 0.207. The highest BCUT2D eigenvalue weighted by Crippen LogP contribution is 1.89. The molecule has 0 radical (unpaired) electrons. The zero-order valence-corrected chi connectivity index (χ0v) is 7.38. The second-order valence-electron chi connectivity index (χ2n) is 1.36. The number of amides is 1. The van der Waals surface area contributed by atoms with Crippen molar-refractivity contribution in [3.8, 4) is 0 Å². The van der Waals surface area contributed by atoms with Crippen molar-refractivity contribution in [2.24, 2.45) is 0 Å². The minimum atomic E-state index is -3.49. The van der Waals surface area contributed by atoms with Crippen molar-refractivity contribution >= 4 is 28.7 Å². The van der Waals surface area contributed by atoms with Gasteiger partial charge < -0.3 is 5.32 Å². The van der Waals surface area contributed by atoms with Crippen LogP contribution in [0, 0.1) is 0 Å². The average Bonchev–Trinajstić information content (AvgIpc) is 2.14. The van der Waals surface area contributed by atoms with E-state index in [1.807, 2.05) is 0 Å². The Balaban J connectivity index is 5.75. The van der Waals surface area contributed by atoms with Gasteiger partial charge in [0.15, 0.2) is 0 Å². The Kier molecular flexibility index (Phi) is 2.05. The summed E-state index contributed by atoms with van der Waals surface area (Å²) in [5.74, 6) is 0. The van der Waals surface area contributed by atoms with Gasteiger partial charge in [0, 0.05) is 40.2 Å². The quantitative estimate of drug-likeness (QED) is 0.649. The molecule has 66 valence electrons. The van der Waals surface area contributed by atoms with E-state index in [2.05, 4.69) is 12.6 Å². The summed E-state index contributed by atoms with van der Waals surface area (Å²) in [6.45, 7) is -3.25. The molecule has 3 nitrogen and oxygen atoms in total. The molecule has 0 saturated heterocycles. The zero-order chi connectivity index (χ0) is 15.9. The molecule has 0 aliphatic carbocycles. The lowest BCUT2D eigenvalue weighted by Crippen LogP contribution is -2.18. The van der Waals surface area contributed by atoms with Crippen LogP contribution < -0.4 is 5.32 Å². The Labute approximate surface area is 86.0 Å². The van der Waals surface area contributed by atoms with Crippen molar-refractivity contribution in [1.82, 2.24) is 5.32 Å². The number of nitrogens with one attached hydrogen (secondary N) is 1. The first kappa shape index (κ1) is 3.38. The second-order valence-corrected chi connectivity index (χ2v) is 2.88. The third kappa shape index (κ3) is 9.97. The number of thiol groups is 1. The fraction of sp³-hybridized carbons (Fsp3) is 0.833. The normalized spacial score (nSPS) is 28.5. The Morgan fingerprint density at radius 2 is 2.36 bits per heavy atom. The smallest absolute Gasteiger partial charge is 0.275 e. The highest BCUT2D eigenvalue weighted by atomic mass is 32.2. The van der Waals surface area contributed by atoms with Crippen molar-refractivity contribution in [3.63, 3.8) is 0 Å². The van der Waals surface area contributed by atoms with Gasteiger partial charge in [-0.3, -0.25) is 9.00 Å². The molecular weight excluding hydrogens is 182 g/mol. The summed E-state index contributed by atoms with van der Waals surface area (Å²) in [5.41, 5.74) is -3.16. The Morgan fingerprint density at radius 1 is 1.73 bits per heavy atom. The molecule has 1 amide bonds. The summed E-state index contributed by atoms with van der Waals surface area (Å²) >= 11 is 3.20. The molecule has 1 unspecified atom stereocenters. The first-order valence-corrected chi connectivity index (χ1v) is 4.46. The molecule has 0 aromatic carbocycles. The third-order valence-corrected chi connectivity index (χ3v) is 0.991. The molecule has 0 spiro atoms. The van der Waals surface area contributed by atoms with Crippen LogP contribution in [0.1, 0.15) is 23.7 Å². The molecule has 11 heavy (non-hydrogen) atoms. The van der Waals surface area contributed by atoms with Crippen LogP contribution in [-0.2, 0) is 10.8 Å². The van der Waals surface area contributed by atoms with Gasteiger partial charge in [0.05, 0.1) is 0 Å². The molecule has 1 N–H and O–H groups in total. The number of carbonyl (C=O) groups excluding carboxylic acids is 1. The lowest BCUT2D eigenvalue weighted by Gasteiger charge is -1.99. The van der Waals surface area contributed by atoms with E-state index >= 15 is 0 Å². The third-order valence-electron chi connectivity index (χ3n) is 0.489. The molecule has 1 atom stereocenters. The van der Waals surface area contributed by atoms with Gasteiger partial charge in [0.1, 0.15) is 0 Å². The van der Waals surface area contributed by atoms with Crippen molar-refractivity contribution in [2.75, 3.05) is 18.5 Å². The van der Waals surface area contributed by atoms with Crippen LogP contribution in [0.25, 0.3) is 0 Å². The van der Waals surface area contributed by atoms with E-state index in [0.717, 1.165) is 6.26 Å². The van der Waals surface area contributed by atoms with Crippen molar-refractivity contribution in [1.29, 1.82) is 0 Å². The predicted molar refractivity (Wildman–Crippen MR) is 50.6 cm³/mol. The van der Waals surface area contributed by atoms with Gasteiger partial charge in [-0.15, -0.1) is 0 Å². The van der Waals surface area contributed by atoms with Crippen LogP contribution in [0.3, 0.4) is 0 Å². The van der Waals surface area contributed by atoms with Crippen molar-refractivity contribution in [2.45, 2.75) is 12.7 Å². The summed E-state index contributed by atoms with van der Waals surface area (Å²) < 4.78 is 70.5. The molecule has 0 fully saturated rings. The van der Waals surface area contributed by atoms with Gasteiger partial charge in [-0.25, -0.2) is 0 Å². The van der Waals surface area contributed by atoms with Crippen LogP contribution in [-0.4, -0.2) is 27.9 Å². The topological polar surface area (TPSA) is 46.2 Å². The van der Waals surface area contributed by atoms with Gasteiger partial charge in [-0.05, 0) is 12.7 Å². The first-order valence-electron chi connectivity index (χ1n) is 6.46. The van der Waals surface area contributed by atoms with E-state index < -0.39 is 41.0 Å². The Bertz CT molecular complexity index is 399. The molecular formula is C6H13NO2S2. The lowest BCUT2D eigenvalue weighted by atomic mass is 10.3. The number of carbonyl (C=O) groups is 1. The molecule has 0 rings (SSSR count). The van der Waals surface area contributed by atoms with E-state index in [4.69, 9.17) is 11.0 Å². The minimum Gasteiger partial charge on any atom is -0.347 e. The average molecular weight is 203 g/mol. The SMILES string of the molecule is [2H]C([2H])(NC(=O)S)C([2H])([2H])C([2H])([2H])C([2H])([2H])S(C)=O. The molecule has 0 heterocycles. The van der Waals surface area contributed by atoms with Gasteiger partial charge in [0.2, 0.25) is 0 Å². The molecule has 0 aliphatic rings. The van der Waals surface area contributed by atoms with Crippen LogP contribution >= 0.6 is 12.6 Å². The summed E-state index contributed by atoms with van der Waals surface area (Å²) in [6.07, 6.45) is -6.13. The van der Waals surface area contributed by atoms with Crippen LogP contribution in [0.15, 0.2) is 0 Å². The van der Waals surface area contributed by atoms with Crippen molar-refractivity contribution in [3.05, 3.63) is 0 Å². The van der Waals surface area contributed by atoms with Gasteiger partial charge in [0.25, 0.3) is 5.24 Å². The second kappa shape index (κ2) is 6.67. The minimum absolute atomic E-state index is 0.834. The van der Waals surface area contributed by atoms with Crippen LogP contribution in [0.4, 0.5) is 4.79 Å². The van der Waals surface area contributed by atoms with E-state index in [0.29, 0.717) is 0 Å². The van der Waals surface area contributed by atoms with E-state index in [9.17, 15) is 9.00 Å². The first-order chi connectivity index (χ1) is 8.11. The standard InChI is InChI=1S/C6H13NO2S2/c1-11(9)5-3-2-4-7-6(8)10/h2-5H2,1H3,(H2,7,8,10)/i2D2,3D2,4D2,5D2. The van der Waals surface area contributed by atoms with Crippen LogP contribution in [0.2, 0.25) is 0 Å². The summed E-state index contributed by atoms with van der Waals surface area (Å²) in [7, 11) is -2.42. The fourth-order valence-corrected chi connectivity index (χ4v) is 0.464. The fourth-order valence-electron chi connectivity index (χ4n) is 0.213. The largest absolute Gasteiger partial charge is 0.347 e. The molecule has 0 aromatic heterocycles. The number of hydrogen-bond donors (Lipinski definition) is 2. The Morgan fingerprint density at radius 3 is 2.82 bits per heavy atom. The van der Waals surface area contributed by atoms with Crippen LogP contribution in [0.5, 0.6) is 0 Å². The molecule has 0 bridgehead atoms. The summed E-state index contributed by atoms with van der Waals surface area (Å²) in [4.78, 5) is 10.7. The molecule has 0 aromatic rings. The lowest BCUT2D eigenvalue weighted by molar-refractivity contribution is 0.261. The van der Waals surface area contributed by atoms with Gasteiger partial charge in [-0.1, -0.05) is 12.6 Å². The van der Waals surface area contributed by atoms with Crippen molar-refractivity contribution < 1.29 is 20.0 Å². The van der Waals surface area contributed by atoms with E-state index in [1.165, 1.54) is 5.32 Å². The molecule has 0 aliphatic heterocycles. The maximum atomic E-state index is 11.2. The maximum absolute atomic E-state index is 11.2. The summed E-state index contributed by atoms with van der Waals surface area (Å²) in [6, 6.07) is 0. The number of hydrogen-bond acceptors (Lipinski definition) is 2. The number of rotatable bonds is 5. The monoisotopic (exact) mass is 203 g/mol. The van der Waals surface area contributed by atoms with Gasteiger partial charge in [-0.2, -0.15) is 0 Å².